The monoisotopic (exact) mass is 110 g/mol. The van der Waals surface area contributed by atoms with Gasteiger partial charge in [-0.15, -0.1) is 0 Å². The molecule has 2 rings (SSSR count). The molecule has 2 saturated carbocycles. The number of ketones is 1. The highest BCUT2D eigenvalue weighted by Gasteiger charge is 2.42. The molecule has 1 unspecified atom stereocenters. The molecule has 44 valence electrons. The normalized spacial score (nSPS) is 43.8. The summed E-state index contributed by atoms with van der Waals surface area (Å²) in [5, 5.41) is 0. The van der Waals surface area contributed by atoms with Crippen LogP contribution in [-0.2, 0) is 4.79 Å². The average Bonchev–Trinajstić information content (AvgIpc) is 2.09. The van der Waals surface area contributed by atoms with E-state index < -0.39 is 0 Å². The second-order valence-electron chi connectivity index (χ2n) is 2.97. The zero-order valence-corrected chi connectivity index (χ0v) is 4.89. The van der Waals surface area contributed by atoms with Gasteiger partial charge >= 0.3 is 0 Å². The van der Waals surface area contributed by atoms with Crippen molar-refractivity contribution in [1.82, 2.24) is 0 Å². The van der Waals surface area contributed by atoms with E-state index in [-0.39, 0.29) is 0 Å². The van der Waals surface area contributed by atoms with Crippen LogP contribution < -0.4 is 0 Å². The van der Waals surface area contributed by atoms with E-state index in [1.807, 2.05) is 0 Å². The van der Waals surface area contributed by atoms with Gasteiger partial charge in [0.15, 0.2) is 0 Å². The fraction of sp³-hybridized carbons (Fsp3) is 0.857. The third-order valence-electron chi connectivity index (χ3n) is 2.54. The topological polar surface area (TPSA) is 17.1 Å². The van der Waals surface area contributed by atoms with Crippen molar-refractivity contribution in [2.24, 2.45) is 11.8 Å². The van der Waals surface area contributed by atoms with Gasteiger partial charge in [-0.05, 0) is 18.8 Å². The molecule has 0 radical (unpaired) electrons. The summed E-state index contributed by atoms with van der Waals surface area (Å²) in [5.41, 5.74) is 0. The minimum absolute atomic E-state index is 0.523. The number of fused-ring (bicyclic) bond motifs is 1. The molecule has 0 aliphatic heterocycles. The molecule has 0 bridgehead atoms. The highest BCUT2D eigenvalue weighted by atomic mass is 16.1. The zero-order chi connectivity index (χ0) is 5.56. The van der Waals surface area contributed by atoms with Gasteiger partial charge in [-0.25, -0.2) is 0 Å². The third-order valence-corrected chi connectivity index (χ3v) is 2.54. The Morgan fingerprint density at radius 1 is 1.38 bits per heavy atom. The number of rotatable bonds is 0. The van der Waals surface area contributed by atoms with Gasteiger partial charge in [0.1, 0.15) is 5.78 Å². The first kappa shape index (κ1) is 4.54. The highest BCUT2D eigenvalue weighted by molar-refractivity contribution is 5.87. The van der Waals surface area contributed by atoms with Gasteiger partial charge in [-0.2, -0.15) is 0 Å². The molecule has 0 aromatic carbocycles. The Balaban J connectivity index is 2.11. The quantitative estimate of drug-likeness (QED) is 0.460. The SMILES string of the molecule is O=C1CC2CCC[C@H]12. The summed E-state index contributed by atoms with van der Waals surface area (Å²) in [6.07, 6.45) is 4.74. The van der Waals surface area contributed by atoms with E-state index in [1.54, 1.807) is 0 Å². The second kappa shape index (κ2) is 1.34. The lowest BCUT2D eigenvalue weighted by molar-refractivity contribution is -0.132. The van der Waals surface area contributed by atoms with Crippen LogP contribution in [0.1, 0.15) is 25.7 Å². The highest BCUT2D eigenvalue weighted by Crippen LogP contribution is 2.43. The van der Waals surface area contributed by atoms with Crippen LogP contribution in [0.25, 0.3) is 0 Å². The first-order valence-corrected chi connectivity index (χ1v) is 3.40. The van der Waals surface area contributed by atoms with Gasteiger partial charge in [-0.1, -0.05) is 6.42 Å². The maximum absolute atomic E-state index is 10.7. The predicted molar refractivity (Wildman–Crippen MR) is 30.5 cm³/mol. The van der Waals surface area contributed by atoms with Crippen LogP contribution in [0, 0.1) is 11.8 Å². The number of Topliss-reactive ketones (excluding diaryl/α,β-unsaturated/α-hetero) is 1. The Hall–Kier alpha value is -0.330. The van der Waals surface area contributed by atoms with E-state index in [1.165, 1.54) is 19.3 Å². The Bertz CT molecular complexity index is 128. The van der Waals surface area contributed by atoms with Gasteiger partial charge in [-0.3, -0.25) is 4.79 Å². The minimum atomic E-state index is 0.523. The van der Waals surface area contributed by atoms with Crippen LogP contribution in [0.3, 0.4) is 0 Å². The van der Waals surface area contributed by atoms with E-state index >= 15 is 0 Å². The fourth-order valence-electron chi connectivity index (χ4n) is 1.95. The lowest BCUT2D eigenvalue weighted by atomic mass is 9.75. The van der Waals surface area contributed by atoms with Crippen molar-refractivity contribution < 1.29 is 4.79 Å². The summed E-state index contributed by atoms with van der Waals surface area (Å²) in [6.45, 7) is 0. The fourth-order valence-corrected chi connectivity index (χ4v) is 1.95. The molecule has 0 spiro atoms. The van der Waals surface area contributed by atoms with Crippen molar-refractivity contribution in [3.05, 3.63) is 0 Å². The van der Waals surface area contributed by atoms with E-state index in [0.717, 1.165) is 12.3 Å². The predicted octanol–water partition coefficient (Wildman–Crippen LogP) is 1.38. The standard InChI is InChI=1S/C7H10O/c8-7-4-5-2-1-3-6(5)7/h5-6H,1-4H2/t5?,6-/m0/s1. The minimum Gasteiger partial charge on any atom is -0.299 e. The summed E-state index contributed by atoms with van der Waals surface area (Å²) in [5.74, 6) is 1.88. The van der Waals surface area contributed by atoms with E-state index in [2.05, 4.69) is 0 Å². The largest absolute Gasteiger partial charge is 0.299 e. The number of hydrogen-bond acceptors (Lipinski definition) is 1. The molecule has 2 fully saturated rings. The van der Waals surface area contributed by atoms with Crippen LogP contribution in [0.15, 0.2) is 0 Å². The maximum Gasteiger partial charge on any atom is 0.136 e. The summed E-state index contributed by atoms with van der Waals surface area (Å²) in [6, 6.07) is 0. The summed E-state index contributed by atoms with van der Waals surface area (Å²) in [7, 11) is 0. The second-order valence-corrected chi connectivity index (χ2v) is 2.97. The molecule has 8 heavy (non-hydrogen) atoms. The summed E-state index contributed by atoms with van der Waals surface area (Å²) < 4.78 is 0. The first-order valence-electron chi connectivity index (χ1n) is 3.40. The van der Waals surface area contributed by atoms with Gasteiger partial charge in [0, 0.05) is 12.3 Å². The lowest BCUT2D eigenvalue weighted by Gasteiger charge is -2.27. The average molecular weight is 110 g/mol. The maximum atomic E-state index is 10.7. The summed E-state index contributed by atoms with van der Waals surface area (Å²) in [4.78, 5) is 10.7. The first-order chi connectivity index (χ1) is 3.88. The Kier molecular flexibility index (Phi) is 0.758. The van der Waals surface area contributed by atoms with Crippen molar-refractivity contribution in [2.75, 3.05) is 0 Å². The van der Waals surface area contributed by atoms with Crippen molar-refractivity contribution in [1.29, 1.82) is 0 Å². The zero-order valence-electron chi connectivity index (χ0n) is 4.89. The van der Waals surface area contributed by atoms with Crippen molar-refractivity contribution in [3.63, 3.8) is 0 Å². The van der Waals surface area contributed by atoms with Gasteiger partial charge in [0.05, 0.1) is 0 Å². The van der Waals surface area contributed by atoms with Crippen molar-refractivity contribution >= 4 is 5.78 Å². The Morgan fingerprint density at radius 2 is 2.25 bits per heavy atom. The van der Waals surface area contributed by atoms with E-state index in [9.17, 15) is 4.79 Å². The molecular formula is C7H10O. The van der Waals surface area contributed by atoms with Gasteiger partial charge in [0.2, 0.25) is 0 Å². The molecule has 2 aliphatic carbocycles. The molecule has 0 amide bonds. The molecule has 0 heterocycles. The van der Waals surface area contributed by atoms with Crippen LogP contribution in [0.4, 0.5) is 0 Å². The van der Waals surface area contributed by atoms with Gasteiger partial charge in [0.25, 0.3) is 0 Å². The molecule has 0 aromatic rings. The third kappa shape index (κ3) is 0.396. The Labute approximate surface area is 49.1 Å². The smallest absolute Gasteiger partial charge is 0.136 e. The molecule has 2 aliphatic rings. The van der Waals surface area contributed by atoms with Gasteiger partial charge < -0.3 is 0 Å². The van der Waals surface area contributed by atoms with E-state index in [4.69, 9.17) is 0 Å². The molecule has 0 aromatic heterocycles. The molecule has 0 N–H and O–H groups in total. The summed E-state index contributed by atoms with van der Waals surface area (Å²) >= 11 is 0. The van der Waals surface area contributed by atoms with Crippen molar-refractivity contribution in [3.8, 4) is 0 Å². The molecule has 1 heteroatoms. The van der Waals surface area contributed by atoms with Crippen LogP contribution >= 0.6 is 0 Å². The van der Waals surface area contributed by atoms with Crippen molar-refractivity contribution in [2.45, 2.75) is 25.7 Å². The van der Waals surface area contributed by atoms with Crippen LogP contribution in [0.2, 0.25) is 0 Å². The van der Waals surface area contributed by atoms with Crippen LogP contribution in [-0.4, -0.2) is 5.78 Å². The number of carbonyl (C=O) groups is 1. The molecule has 0 saturated heterocycles. The molecular weight excluding hydrogens is 100 g/mol. The molecule has 2 atom stereocenters. The number of hydrogen-bond donors (Lipinski definition) is 0. The molecule has 1 nitrogen and oxygen atoms in total. The van der Waals surface area contributed by atoms with E-state index in [0.29, 0.717) is 11.7 Å². The lowest BCUT2D eigenvalue weighted by Crippen LogP contribution is -2.32. The number of carbonyl (C=O) groups excluding carboxylic acids is 1. The Morgan fingerprint density at radius 3 is 2.75 bits per heavy atom. The van der Waals surface area contributed by atoms with Crippen LogP contribution in [0.5, 0.6) is 0 Å².